The van der Waals surface area contributed by atoms with Crippen LogP contribution in [0.15, 0.2) is 48.7 Å². The number of fused-ring (bicyclic) bond motifs is 1. The van der Waals surface area contributed by atoms with Crippen molar-refractivity contribution in [2.75, 3.05) is 13.1 Å². The number of likely N-dealkylation sites (tertiary alicyclic amines) is 1. The van der Waals surface area contributed by atoms with Gasteiger partial charge in [0.15, 0.2) is 0 Å². The number of nitrogens with zero attached hydrogens (tertiary/aromatic N) is 3. The Hall–Kier alpha value is -2.82. The van der Waals surface area contributed by atoms with Crippen molar-refractivity contribution < 1.29 is 9.53 Å². The fraction of sp³-hybridized carbons (Fsp3) is 0.440. The average Bonchev–Trinajstić information content (AvgIpc) is 3.23. The fourth-order valence-electron chi connectivity index (χ4n) is 4.13. The normalized spacial score (nSPS) is 15.1. The van der Waals surface area contributed by atoms with Gasteiger partial charge < -0.3 is 9.64 Å². The van der Waals surface area contributed by atoms with Crippen LogP contribution in [0.5, 0.6) is 5.75 Å². The molecule has 3 aromatic rings. The van der Waals surface area contributed by atoms with Crippen molar-refractivity contribution in [2.24, 2.45) is 5.92 Å². The van der Waals surface area contributed by atoms with Crippen molar-refractivity contribution in [3.8, 4) is 16.9 Å². The number of carbonyl (C=O) groups excluding carboxylic acids is 1. The van der Waals surface area contributed by atoms with E-state index in [4.69, 9.17) is 4.74 Å². The Kier molecular flexibility index (Phi) is 6.07. The number of aromatic nitrogens is 2. The lowest BCUT2D eigenvalue weighted by atomic mass is 10.0. The molecular formula is C25H31N3O2. The van der Waals surface area contributed by atoms with E-state index in [1.807, 2.05) is 33.8 Å². The van der Waals surface area contributed by atoms with E-state index in [1.165, 1.54) is 5.56 Å². The number of hydrogen-bond acceptors (Lipinski definition) is 3. The first-order chi connectivity index (χ1) is 14.5. The van der Waals surface area contributed by atoms with Gasteiger partial charge in [0.25, 0.3) is 0 Å². The van der Waals surface area contributed by atoms with Crippen LogP contribution in [0.25, 0.3) is 16.6 Å². The van der Waals surface area contributed by atoms with Gasteiger partial charge in [-0.2, -0.15) is 5.10 Å². The summed E-state index contributed by atoms with van der Waals surface area (Å²) in [6, 6.07) is 14.6. The second kappa shape index (κ2) is 8.90. The molecule has 1 aliphatic heterocycles. The second-order valence-corrected chi connectivity index (χ2v) is 8.66. The molecule has 5 nitrogen and oxygen atoms in total. The number of piperidine rings is 1. The first-order valence-corrected chi connectivity index (χ1v) is 11.0. The largest absolute Gasteiger partial charge is 0.490 e. The number of rotatable bonds is 6. The summed E-state index contributed by atoms with van der Waals surface area (Å²) < 4.78 is 8.17. The van der Waals surface area contributed by atoms with Gasteiger partial charge >= 0.3 is 0 Å². The first kappa shape index (κ1) is 20.5. The standard InChI is InChI=1S/C25H31N3O2/c1-18(2)4-11-25(29)27-16-13-23(14-17-27)30-22-8-5-20(6-9-22)24-10-7-21-12-15-26-28(21)19(24)3/h5-10,12,15,18,23H,4,11,13-14,16-17H2,1-3H3. The van der Waals surface area contributed by atoms with Gasteiger partial charge in [0.2, 0.25) is 5.91 Å². The molecule has 0 radical (unpaired) electrons. The molecule has 0 bridgehead atoms. The van der Waals surface area contributed by atoms with Crippen molar-refractivity contribution in [3.05, 3.63) is 54.4 Å². The topological polar surface area (TPSA) is 46.8 Å². The van der Waals surface area contributed by atoms with Crippen LogP contribution >= 0.6 is 0 Å². The van der Waals surface area contributed by atoms with E-state index >= 15 is 0 Å². The zero-order chi connectivity index (χ0) is 21.1. The number of hydrogen-bond donors (Lipinski definition) is 0. The average molecular weight is 406 g/mol. The highest BCUT2D eigenvalue weighted by atomic mass is 16.5. The molecule has 1 fully saturated rings. The number of amides is 1. The summed E-state index contributed by atoms with van der Waals surface area (Å²) in [6.07, 6.45) is 5.41. The van der Waals surface area contributed by atoms with Gasteiger partial charge in [-0.05, 0) is 49.1 Å². The number of benzene rings is 1. The van der Waals surface area contributed by atoms with Crippen LogP contribution in [0.2, 0.25) is 0 Å². The van der Waals surface area contributed by atoms with Crippen molar-refractivity contribution in [3.63, 3.8) is 0 Å². The molecule has 3 heterocycles. The molecule has 0 atom stereocenters. The van der Waals surface area contributed by atoms with Gasteiger partial charge in [0.1, 0.15) is 11.9 Å². The third-order valence-corrected chi connectivity index (χ3v) is 6.00. The van der Waals surface area contributed by atoms with Crippen molar-refractivity contribution in [1.82, 2.24) is 14.5 Å². The molecule has 0 N–H and O–H groups in total. The monoisotopic (exact) mass is 405 g/mol. The molecule has 0 spiro atoms. The molecule has 158 valence electrons. The maximum atomic E-state index is 12.3. The minimum Gasteiger partial charge on any atom is -0.490 e. The highest BCUT2D eigenvalue weighted by molar-refractivity contribution is 5.76. The van der Waals surface area contributed by atoms with Crippen molar-refractivity contribution in [2.45, 2.75) is 52.6 Å². The van der Waals surface area contributed by atoms with E-state index in [2.05, 4.69) is 50.1 Å². The Bertz CT molecular complexity index is 999. The lowest BCUT2D eigenvalue weighted by Crippen LogP contribution is -2.41. The fourth-order valence-corrected chi connectivity index (χ4v) is 4.13. The highest BCUT2D eigenvalue weighted by Gasteiger charge is 2.23. The van der Waals surface area contributed by atoms with Crippen LogP contribution in [0.1, 0.15) is 45.2 Å². The number of ether oxygens (including phenoxy) is 1. The molecule has 1 aromatic carbocycles. The van der Waals surface area contributed by atoms with Crippen molar-refractivity contribution >= 4 is 11.4 Å². The minimum atomic E-state index is 0.173. The minimum absolute atomic E-state index is 0.173. The number of pyridine rings is 1. The summed E-state index contributed by atoms with van der Waals surface area (Å²) in [6.45, 7) is 8.01. The number of carbonyl (C=O) groups is 1. The predicted octanol–water partition coefficient (Wildman–Crippen LogP) is 5.12. The van der Waals surface area contributed by atoms with E-state index in [-0.39, 0.29) is 12.0 Å². The SMILES string of the molecule is Cc1c(-c2ccc(OC3CCN(C(=O)CCC(C)C)CC3)cc2)ccc2ccnn12. The maximum absolute atomic E-state index is 12.3. The van der Waals surface area contributed by atoms with E-state index in [9.17, 15) is 4.79 Å². The van der Waals surface area contributed by atoms with Gasteiger partial charge in [0.05, 0.1) is 5.52 Å². The molecule has 1 saturated heterocycles. The third-order valence-electron chi connectivity index (χ3n) is 6.00. The Morgan fingerprint density at radius 3 is 2.53 bits per heavy atom. The Balaban J connectivity index is 1.34. The van der Waals surface area contributed by atoms with Crippen LogP contribution in [-0.2, 0) is 4.79 Å². The smallest absolute Gasteiger partial charge is 0.222 e. The molecule has 0 aliphatic carbocycles. The third kappa shape index (κ3) is 4.50. The van der Waals surface area contributed by atoms with Gasteiger partial charge in [-0.15, -0.1) is 0 Å². The summed E-state index contributed by atoms with van der Waals surface area (Å²) in [5, 5.41) is 4.40. The molecule has 30 heavy (non-hydrogen) atoms. The van der Waals surface area contributed by atoms with Gasteiger partial charge in [-0.25, -0.2) is 4.52 Å². The molecule has 4 rings (SSSR count). The van der Waals surface area contributed by atoms with E-state index < -0.39 is 0 Å². The molecule has 1 aliphatic rings. The highest BCUT2D eigenvalue weighted by Crippen LogP contribution is 2.27. The molecule has 0 unspecified atom stereocenters. The predicted molar refractivity (Wildman–Crippen MR) is 120 cm³/mol. The van der Waals surface area contributed by atoms with Crippen LogP contribution in [-0.4, -0.2) is 39.6 Å². The second-order valence-electron chi connectivity index (χ2n) is 8.66. The van der Waals surface area contributed by atoms with Gasteiger partial charge in [-0.3, -0.25) is 4.79 Å². The van der Waals surface area contributed by atoms with Crippen LogP contribution in [0.4, 0.5) is 0 Å². The molecular weight excluding hydrogens is 374 g/mol. The van der Waals surface area contributed by atoms with Crippen LogP contribution in [0.3, 0.4) is 0 Å². The van der Waals surface area contributed by atoms with Gasteiger partial charge in [-0.1, -0.05) is 32.0 Å². The van der Waals surface area contributed by atoms with Crippen molar-refractivity contribution in [1.29, 1.82) is 0 Å². The van der Waals surface area contributed by atoms with E-state index in [1.54, 1.807) is 0 Å². The van der Waals surface area contributed by atoms with E-state index in [0.717, 1.165) is 54.9 Å². The zero-order valence-electron chi connectivity index (χ0n) is 18.2. The quantitative estimate of drug-likeness (QED) is 0.572. The Morgan fingerprint density at radius 1 is 1.10 bits per heavy atom. The molecule has 1 amide bonds. The van der Waals surface area contributed by atoms with E-state index in [0.29, 0.717) is 12.3 Å². The van der Waals surface area contributed by atoms with Crippen LogP contribution in [0, 0.1) is 12.8 Å². The lowest BCUT2D eigenvalue weighted by molar-refractivity contribution is -0.133. The lowest BCUT2D eigenvalue weighted by Gasteiger charge is -2.32. The number of aryl methyl sites for hydroxylation is 1. The summed E-state index contributed by atoms with van der Waals surface area (Å²) >= 11 is 0. The summed E-state index contributed by atoms with van der Waals surface area (Å²) in [5.74, 6) is 1.75. The molecule has 2 aromatic heterocycles. The van der Waals surface area contributed by atoms with Gasteiger partial charge in [0, 0.05) is 49.8 Å². The summed E-state index contributed by atoms with van der Waals surface area (Å²) in [7, 11) is 0. The molecule has 5 heteroatoms. The maximum Gasteiger partial charge on any atom is 0.222 e. The Morgan fingerprint density at radius 2 is 1.83 bits per heavy atom. The Labute approximate surface area is 178 Å². The molecule has 0 saturated carbocycles. The first-order valence-electron chi connectivity index (χ1n) is 11.0. The summed E-state index contributed by atoms with van der Waals surface area (Å²) in [4.78, 5) is 14.3. The zero-order valence-corrected chi connectivity index (χ0v) is 18.2. The van der Waals surface area contributed by atoms with Crippen LogP contribution < -0.4 is 4.74 Å². The summed E-state index contributed by atoms with van der Waals surface area (Å²) in [5.41, 5.74) is 4.56.